The Hall–Kier alpha value is -3.61. The second-order valence-electron chi connectivity index (χ2n) is 5.58. The van der Waals surface area contributed by atoms with E-state index in [1.165, 1.54) is 16.8 Å². The van der Waals surface area contributed by atoms with Crippen LogP contribution in [0.25, 0.3) is 5.69 Å². The number of rotatable bonds is 7. The summed E-state index contributed by atoms with van der Waals surface area (Å²) in [6.45, 7) is 0.605. The van der Waals surface area contributed by atoms with E-state index in [1.54, 1.807) is 55.6 Å². The van der Waals surface area contributed by atoms with Gasteiger partial charge in [-0.25, -0.2) is 0 Å². The third kappa shape index (κ3) is 4.72. The van der Waals surface area contributed by atoms with Gasteiger partial charge in [-0.2, -0.15) is 9.78 Å². The second-order valence-corrected chi connectivity index (χ2v) is 5.58. The number of nitrogens with zero attached hydrogens (tertiary/aromatic N) is 2. The molecule has 0 unspecified atom stereocenters. The van der Waals surface area contributed by atoms with Crippen molar-refractivity contribution in [3.8, 4) is 17.2 Å². The van der Waals surface area contributed by atoms with Crippen LogP contribution in [0.1, 0.15) is 10.5 Å². The highest BCUT2D eigenvalue weighted by atomic mass is 16.5. The van der Waals surface area contributed by atoms with Crippen LogP contribution >= 0.6 is 0 Å². The van der Waals surface area contributed by atoms with Gasteiger partial charge in [-0.1, -0.05) is 18.2 Å². The highest BCUT2D eigenvalue weighted by molar-refractivity contribution is 5.92. The molecule has 1 heterocycles. The molecule has 0 saturated heterocycles. The Morgan fingerprint density at radius 3 is 2.41 bits per heavy atom. The summed E-state index contributed by atoms with van der Waals surface area (Å²) in [5.41, 5.74) is 0.448. The molecule has 7 nitrogen and oxygen atoms in total. The van der Waals surface area contributed by atoms with E-state index in [0.29, 0.717) is 24.6 Å². The quantitative estimate of drug-likeness (QED) is 0.648. The minimum absolute atomic E-state index is 0.155. The second kappa shape index (κ2) is 8.66. The van der Waals surface area contributed by atoms with Gasteiger partial charge in [-0.15, -0.1) is 0 Å². The fourth-order valence-electron chi connectivity index (χ4n) is 2.38. The van der Waals surface area contributed by atoms with Gasteiger partial charge >= 0.3 is 0 Å². The summed E-state index contributed by atoms with van der Waals surface area (Å²) in [7, 11) is 1.60. The SMILES string of the molecule is COc1ccc(OCCNC(=O)c2ccc(=O)n(-c3ccccc3)n2)cc1. The monoisotopic (exact) mass is 365 g/mol. The first-order chi connectivity index (χ1) is 13.2. The Balaban J connectivity index is 1.57. The van der Waals surface area contributed by atoms with Gasteiger partial charge in [-0.3, -0.25) is 9.59 Å². The fourth-order valence-corrected chi connectivity index (χ4v) is 2.38. The van der Waals surface area contributed by atoms with E-state index < -0.39 is 0 Å². The van der Waals surface area contributed by atoms with E-state index >= 15 is 0 Å². The van der Waals surface area contributed by atoms with Gasteiger partial charge in [-0.05, 0) is 42.5 Å². The molecule has 0 fully saturated rings. The molecule has 3 rings (SSSR count). The van der Waals surface area contributed by atoms with Gasteiger partial charge in [0.05, 0.1) is 19.3 Å². The van der Waals surface area contributed by atoms with E-state index in [4.69, 9.17) is 9.47 Å². The summed E-state index contributed by atoms with van der Waals surface area (Å²) in [5, 5.41) is 6.86. The van der Waals surface area contributed by atoms with Crippen LogP contribution in [0.4, 0.5) is 0 Å². The summed E-state index contributed by atoms with van der Waals surface area (Å²) in [4.78, 5) is 24.3. The highest BCUT2D eigenvalue weighted by Gasteiger charge is 2.10. The van der Waals surface area contributed by atoms with Crippen molar-refractivity contribution >= 4 is 5.91 Å². The molecule has 0 aliphatic rings. The molecule has 27 heavy (non-hydrogen) atoms. The van der Waals surface area contributed by atoms with Crippen molar-refractivity contribution in [2.75, 3.05) is 20.3 Å². The Morgan fingerprint density at radius 2 is 1.70 bits per heavy atom. The van der Waals surface area contributed by atoms with Gasteiger partial charge in [0.2, 0.25) is 0 Å². The van der Waals surface area contributed by atoms with Gasteiger partial charge in [0.1, 0.15) is 23.8 Å². The number of methoxy groups -OCH3 is 1. The zero-order chi connectivity index (χ0) is 19.1. The molecule has 0 atom stereocenters. The first-order valence-corrected chi connectivity index (χ1v) is 8.38. The normalized spacial score (nSPS) is 10.3. The number of hydrogen-bond donors (Lipinski definition) is 1. The lowest BCUT2D eigenvalue weighted by Gasteiger charge is -2.09. The van der Waals surface area contributed by atoms with Crippen LogP contribution in [0.15, 0.2) is 71.5 Å². The van der Waals surface area contributed by atoms with Crippen molar-refractivity contribution in [2.24, 2.45) is 0 Å². The number of amides is 1. The molecule has 0 aliphatic heterocycles. The summed E-state index contributed by atoms with van der Waals surface area (Å²) in [5.74, 6) is 1.05. The minimum Gasteiger partial charge on any atom is -0.497 e. The molecule has 0 aliphatic carbocycles. The highest BCUT2D eigenvalue weighted by Crippen LogP contribution is 2.16. The molecule has 0 bridgehead atoms. The largest absolute Gasteiger partial charge is 0.497 e. The maximum atomic E-state index is 12.3. The van der Waals surface area contributed by atoms with Crippen molar-refractivity contribution in [2.45, 2.75) is 0 Å². The summed E-state index contributed by atoms with van der Waals surface area (Å²) in [6, 6.07) is 18.8. The molecule has 1 N–H and O–H groups in total. The topological polar surface area (TPSA) is 82.5 Å². The van der Waals surface area contributed by atoms with Crippen LogP contribution in [0.2, 0.25) is 0 Å². The van der Waals surface area contributed by atoms with Crippen LogP contribution in [0, 0.1) is 0 Å². The minimum atomic E-state index is -0.377. The molecule has 2 aromatic carbocycles. The number of para-hydroxylation sites is 1. The lowest BCUT2D eigenvalue weighted by molar-refractivity contribution is 0.0940. The molecule has 1 aromatic heterocycles. The predicted molar refractivity (Wildman–Crippen MR) is 101 cm³/mol. The number of carbonyl (C=O) groups excluding carboxylic acids is 1. The van der Waals surface area contributed by atoms with E-state index in [-0.39, 0.29) is 17.2 Å². The van der Waals surface area contributed by atoms with Crippen molar-refractivity contribution in [3.63, 3.8) is 0 Å². The average Bonchev–Trinajstić information content (AvgIpc) is 2.72. The Kier molecular flexibility index (Phi) is 5.84. The molecule has 0 radical (unpaired) electrons. The third-order valence-electron chi connectivity index (χ3n) is 3.75. The summed E-state index contributed by atoms with van der Waals surface area (Å²) >= 11 is 0. The molecular weight excluding hydrogens is 346 g/mol. The van der Waals surface area contributed by atoms with Gasteiger partial charge in [0, 0.05) is 6.07 Å². The molecule has 138 valence electrons. The fraction of sp³-hybridized carbons (Fsp3) is 0.150. The maximum Gasteiger partial charge on any atom is 0.271 e. The van der Waals surface area contributed by atoms with Gasteiger partial charge in [0.25, 0.3) is 11.5 Å². The average molecular weight is 365 g/mol. The first-order valence-electron chi connectivity index (χ1n) is 8.38. The molecule has 0 spiro atoms. The third-order valence-corrected chi connectivity index (χ3v) is 3.75. The molecule has 7 heteroatoms. The van der Waals surface area contributed by atoms with Crippen LogP contribution in [-0.4, -0.2) is 35.9 Å². The van der Waals surface area contributed by atoms with E-state index in [0.717, 1.165) is 5.75 Å². The zero-order valence-corrected chi connectivity index (χ0v) is 14.8. The number of nitrogens with one attached hydrogen (secondary N) is 1. The lowest BCUT2D eigenvalue weighted by atomic mass is 10.3. The van der Waals surface area contributed by atoms with Crippen molar-refractivity contribution in [3.05, 3.63) is 82.8 Å². The lowest BCUT2D eigenvalue weighted by Crippen LogP contribution is -2.31. The molecular formula is C20H19N3O4. The van der Waals surface area contributed by atoms with Crippen LogP contribution < -0.4 is 20.3 Å². The van der Waals surface area contributed by atoms with Crippen LogP contribution in [-0.2, 0) is 0 Å². The Morgan fingerprint density at radius 1 is 1.00 bits per heavy atom. The maximum absolute atomic E-state index is 12.3. The van der Waals surface area contributed by atoms with Crippen LogP contribution in [0.3, 0.4) is 0 Å². The summed E-state index contributed by atoms with van der Waals surface area (Å²) in [6.07, 6.45) is 0. The van der Waals surface area contributed by atoms with Crippen molar-refractivity contribution < 1.29 is 14.3 Å². The van der Waals surface area contributed by atoms with E-state index in [9.17, 15) is 9.59 Å². The number of hydrogen-bond acceptors (Lipinski definition) is 5. The predicted octanol–water partition coefficient (Wildman–Crippen LogP) is 2.05. The standard InChI is InChI=1S/C20H19N3O4/c1-26-16-7-9-17(10-8-16)27-14-13-21-20(25)18-11-12-19(24)23(22-18)15-5-3-2-4-6-15/h2-12H,13-14H2,1H3,(H,21,25). The van der Waals surface area contributed by atoms with Crippen molar-refractivity contribution in [1.29, 1.82) is 0 Å². The number of carbonyl (C=O) groups is 1. The molecule has 0 saturated carbocycles. The molecule has 3 aromatic rings. The van der Waals surface area contributed by atoms with Crippen LogP contribution in [0.5, 0.6) is 11.5 Å². The number of benzene rings is 2. The number of ether oxygens (including phenoxy) is 2. The summed E-state index contributed by atoms with van der Waals surface area (Å²) < 4.78 is 11.8. The van der Waals surface area contributed by atoms with E-state index in [1.807, 2.05) is 6.07 Å². The zero-order valence-electron chi connectivity index (χ0n) is 14.8. The Bertz CT molecular complexity index is 953. The van der Waals surface area contributed by atoms with E-state index in [2.05, 4.69) is 10.4 Å². The smallest absolute Gasteiger partial charge is 0.271 e. The van der Waals surface area contributed by atoms with Gasteiger partial charge in [0.15, 0.2) is 0 Å². The molecule has 1 amide bonds. The number of aromatic nitrogens is 2. The first kappa shape index (κ1) is 18.2. The Labute approximate surface area is 156 Å². The van der Waals surface area contributed by atoms with Gasteiger partial charge < -0.3 is 14.8 Å². The van der Waals surface area contributed by atoms with Crippen molar-refractivity contribution in [1.82, 2.24) is 15.1 Å².